The Hall–Kier alpha value is -5.41. The number of nitrogens with one attached hydrogen (secondary N) is 2. The van der Waals surface area contributed by atoms with Gasteiger partial charge in [0.2, 0.25) is 11.8 Å². The number of phenols is 1. The van der Waals surface area contributed by atoms with Crippen LogP contribution in [0.3, 0.4) is 0 Å². The first-order chi connectivity index (χ1) is 21.2. The molecule has 0 unspecified atom stereocenters. The van der Waals surface area contributed by atoms with Crippen LogP contribution in [0.4, 0.5) is 11.4 Å². The van der Waals surface area contributed by atoms with E-state index < -0.39 is 10.1 Å². The van der Waals surface area contributed by atoms with Gasteiger partial charge in [-0.05, 0) is 78.7 Å². The number of hydrogen-bond donors (Lipinski definition) is 3. The molecule has 0 saturated carbocycles. The second kappa shape index (κ2) is 15.2. The van der Waals surface area contributed by atoms with Gasteiger partial charge in [-0.25, -0.2) is 0 Å². The van der Waals surface area contributed by atoms with Gasteiger partial charge in [0.15, 0.2) is 0 Å². The van der Waals surface area contributed by atoms with Crippen LogP contribution in [0, 0.1) is 6.92 Å². The van der Waals surface area contributed by atoms with E-state index in [-0.39, 0.29) is 34.6 Å². The van der Waals surface area contributed by atoms with Gasteiger partial charge in [0, 0.05) is 11.4 Å². The van der Waals surface area contributed by atoms with Crippen LogP contribution in [0.5, 0.6) is 11.5 Å². The molecule has 8 nitrogen and oxygen atoms in total. The number of aromatic hydroxyl groups is 1. The first-order valence-electron chi connectivity index (χ1n) is 13.7. The smallest absolute Gasteiger partial charge is 0.339 e. The molecule has 9 heteroatoms. The van der Waals surface area contributed by atoms with Crippen molar-refractivity contribution in [1.29, 1.82) is 0 Å². The number of carbonyl (C=O) groups excluding carboxylic acids is 2. The summed E-state index contributed by atoms with van der Waals surface area (Å²) in [6, 6.07) is 38.0. The van der Waals surface area contributed by atoms with E-state index in [1.807, 2.05) is 67.6 Å². The number of benzene rings is 5. The second-order valence-corrected chi connectivity index (χ2v) is 11.4. The fourth-order valence-corrected chi connectivity index (χ4v) is 4.92. The number of carbonyl (C=O) groups is 2. The highest BCUT2D eigenvalue weighted by Crippen LogP contribution is 2.21. The largest absolute Gasteiger partial charge is 0.508 e. The molecule has 44 heavy (non-hydrogen) atoms. The summed E-state index contributed by atoms with van der Waals surface area (Å²) < 4.78 is 29.7. The molecule has 0 aromatic heterocycles. The number of phenolic OH excluding ortho intramolecular Hbond substituents is 1. The lowest BCUT2D eigenvalue weighted by molar-refractivity contribution is -0.116. The molecular formula is C35H32N2O6S. The van der Waals surface area contributed by atoms with E-state index in [9.17, 15) is 18.0 Å². The van der Waals surface area contributed by atoms with Crippen molar-refractivity contribution in [3.8, 4) is 11.5 Å². The predicted molar refractivity (Wildman–Crippen MR) is 171 cm³/mol. The van der Waals surface area contributed by atoms with Crippen LogP contribution in [-0.2, 0) is 32.5 Å². The summed E-state index contributed by atoms with van der Waals surface area (Å²) in [5.41, 5.74) is 4.10. The number of hydrogen-bond acceptors (Lipinski definition) is 6. The van der Waals surface area contributed by atoms with E-state index >= 15 is 0 Å². The van der Waals surface area contributed by atoms with Gasteiger partial charge in [-0.1, -0.05) is 78.4 Å². The third-order valence-corrected chi connectivity index (χ3v) is 7.48. The van der Waals surface area contributed by atoms with E-state index in [2.05, 4.69) is 10.6 Å². The summed E-state index contributed by atoms with van der Waals surface area (Å²) in [4.78, 5) is 23.9. The van der Waals surface area contributed by atoms with Crippen LogP contribution in [0.15, 0.2) is 138 Å². The zero-order valence-corrected chi connectivity index (χ0v) is 24.8. The van der Waals surface area contributed by atoms with Crippen molar-refractivity contribution in [2.45, 2.75) is 24.7 Å². The SMILES string of the molecule is Cc1ccc(S(=O)(=O)Oc2ccc(NC(=O)Cc3ccccc3)cc2)cc1.O=C(Cc1ccccc1)Nc1ccc(O)cc1. The number of amides is 2. The Kier molecular flexibility index (Phi) is 10.9. The van der Waals surface area contributed by atoms with Gasteiger partial charge in [-0.2, -0.15) is 8.42 Å². The highest BCUT2D eigenvalue weighted by Gasteiger charge is 2.16. The van der Waals surface area contributed by atoms with E-state index in [1.54, 1.807) is 36.4 Å². The molecule has 0 spiro atoms. The molecule has 0 atom stereocenters. The molecule has 0 bridgehead atoms. The molecule has 2 amide bonds. The zero-order valence-electron chi connectivity index (χ0n) is 24.0. The van der Waals surface area contributed by atoms with Crippen LogP contribution in [0.1, 0.15) is 16.7 Å². The van der Waals surface area contributed by atoms with Crippen LogP contribution in [-0.4, -0.2) is 25.3 Å². The molecule has 0 radical (unpaired) electrons. The lowest BCUT2D eigenvalue weighted by Crippen LogP contribution is -2.14. The summed E-state index contributed by atoms with van der Waals surface area (Å²) in [6.45, 7) is 1.88. The summed E-state index contributed by atoms with van der Waals surface area (Å²) in [6.07, 6.45) is 0.614. The summed E-state index contributed by atoms with van der Waals surface area (Å²) in [5, 5.41) is 14.7. The van der Waals surface area contributed by atoms with E-state index in [4.69, 9.17) is 9.29 Å². The van der Waals surface area contributed by atoms with Gasteiger partial charge >= 0.3 is 10.1 Å². The Balaban J connectivity index is 0.000000223. The van der Waals surface area contributed by atoms with Gasteiger partial charge in [0.05, 0.1) is 12.8 Å². The molecule has 3 N–H and O–H groups in total. The summed E-state index contributed by atoms with van der Waals surface area (Å²) in [7, 11) is -3.89. The Bertz CT molecular complexity index is 1760. The lowest BCUT2D eigenvalue weighted by atomic mass is 10.1. The molecule has 5 rings (SSSR count). The molecule has 5 aromatic carbocycles. The third-order valence-electron chi connectivity index (χ3n) is 6.22. The predicted octanol–water partition coefficient (Wildman–Crippen LogP) is 6.52. The first-order valence-corrected chi connectivity index (χ1v) is 15.1. The molecule has 0 fully saturated rings. The van der Waals surface area contributed by atoms with Crippen molar-refractivity contribution >= 4 is 33.3 Å². The van der Waals surface area contributed by atoms with Crippen LogP contribution in [0.2, 0.25) is 0 Å². The van der Waals surface area contributed by atoms with Crippen LogP contribution >= 0.6 is 0 Å². The minimum Gasteiger partial charge on any atom is -0.508 e. The molecule has 224 valence electrons. The molecule has 0 aliphatic carbocycles. The van der Waals surface area contributed by atoms with Crippen molar-refractivity contribution in [2.24, 2.45) is 0 Å². The first kappa shape index (κ1) is 31.5. The van der Waals surface area contributed by atoms with E-state index in [1.165, 1.54) is 36.4 Å². The highest BCUT2D eigenvalue weighted by atomic mass is 32.2. The molecule has 0 heterocycles. The molecule has 0 saturated heterocycles. The van der Waals surface area contributed by atoms with Crippen molar-refractivity contribution in [3.63, 3.8) is 0 Å². The monoisotopic (exact) mass is 608 g/mol. The average Bonchev–Trinajstić information content (AvgIpc) is 3.01. The third kappa shape index (κ3) is 10.1. The maximum Gasteiger partial charge on any atom is 0.339 e. The molecule has 0 aliphatic rings. The topological polar surface area (TPSA) is 122 Å². The fraction of sp³-hybridized carbons (Fsp3) is 0.0857. The van der Waals surface area contributed by atoms with Crippen molar-refractivity contribution in [3.05, 3.63) is 150 Å². The van der Waals surface area contributed by atoms with Crippen molar-refractivity contribution in [1.82, 2.24) is 0 Å². The Morgan fingerprint density at radius 1 is 0.614 bits per heavy atom. The van der Waals surface area contributed by atoms with Crippen LogP contribution < -0.4 is 14.8 Å². The fourth-order valence-electron chi connectivity index (χ4n) is 3.99. The Morgan fingerprint density at radius 3 is 1.50 bits per heavy atom. The van der Waals surface area contributed by atoms with Gasteiger partial charge in [-0.15, -0.1) is 0 Å². The van der Waals surface area contributed by atoms with Gasteiger partial charge in [0.25, 0.3) is 0 Å². The van der Waals surface area contributed by atoms with Crippen molar-refractivity contribution < 1.29 is 27.3 Å². The maximum atomic E-state index is 12.3. The zero-order chi connectivity index (χ0) is 31.4. The summed E-state index contributed by atoms with van der Waals surface area (Å²) >= 11 is 0. The summed E-state index contributed by atoms with van der Waals surface area (Å²) in [5.74, 6) is 0.145. The minimum atomic E-state index is -3.89. The van der Waals surface area contributed by atoms with Gasteiger partial charge < -0.3 is 19.9 Å². The van der Waals surface area contributed by atoms with E-state index in [0.29, 0.717) is 17.8 Å². The molecule has 0 aliphatic heterocycles. The van der Waals surface area contributed by atoms with Crippen LogP contribution in [0.25, 0.3) is 0 Å². The molecular weight excluding hydrogens is 576 g/mol. The Morgan fingerprint density at radius 2 is 1.05 bits per heavy atom. The lowest BCUT2D eigenvalue weighted by Gasteiger charge is -2.09. The van der Waals surface area contributed by atoms with E-state index in [0.717, 1.165) is 16.7 Å². The normalized spacial score (nSPS) is 10.6. The quantitative estimate of drug-likeness (QED) is 0.129. The standard InChI is InChI=1S/C21H19NO4S.C14H13NO2/c1-16-7-13-20(14-8-16)27(24,25)26-19-11-9-18(10-12-19)22-21(23)15-17-5-3-2-4-6-17;16-13-8-6-12(7-9-13)15-14(17)10-11-4-2-1-3-5-11/h2-14H,15H2,1H3,(H,22,23);1-9,16H,10H2,(H,15,17). The van der Waals surface area contributed by atoms with Crippen molar-refractivity contribution in [2.75, 3.05) is 10.6 Å². The van der Waals surface area contributed by atoms with Gasteiger partial charge in [-0.3, -0.25) is 9.59 Å². The number of anilines is 2. The number of aryl methyl sites for hydroxylation is 1. The van der Waals surface area contributed by atoms with Gasteiger partial charge in [0.1, 0.15) is 16.4 Å². The number of rotatable bonds is 9. The minimum absolute atomic E-state index is 0.0677. The highest BCUT2D eigenvalue weighted by molar-refractivity contribution is 7.87. The second-order valence-electron chi connectivity index (χ2n) is 9.84. The average molecular weight is 609 g/mol. The Labute approximate surface area is 257 Å². The molecule has 5 aromatic rings. The maximum absolute atomic E-state index is 12.3.